The van der Waals surface area contributed by atoms with Crippen LogP contribution in [0.3, 0.4) is 0 Å². The third-order valence-corrected chi connectivity index (χ3v) is 12.1. The van der Waals surface area contributed by atoms with Crippen molar-refractivity contribution in [1.29, 1.82) is 0 Å². The first-order valence-corrected chi connectivity index (χ1v) is 17.8. The molecule has 3 aromatic rings. The lowest BCUT2D eigenvalue weighted by atomic mass is 9.44. The van der Waals surface area contributed by atoms with Gasteiger partial charge in [0, 0.05) is 61.1 Å². The summed E-state index contributed by atoms with van der Waals surface area (Å²) in [5.74, 6) is 6.72. The number of methoxy groups -OCH3 is 1. The van der Waals surface area contributed by atoms with Gasteiger partial charge in [-0.05, 0) is 91.1 Å². The minimum absolute atomic E-state index is 0.00710. The zero-order valence-corrected chi connectivity index (χ0v) is 28.4. The maximum absolute atomic E-state index is 14.2. The molecule has 8 nitrogen and oxygen atoms in total. The molecule has 3 aromatic carbocycles. The molecule has 1 aliphatic heterocycles. The van der Waals surface area contributed by atoms with E-state index in [0.717, 1.165) is 54.5 Å². The average molecular weight is 665 g/mol. The maximum atomic E-state index is 14.2. The van der Waals surface area contributed by atoms with Crippen molar-refractivity contribution in [2.75, 3.05) is 27.2 Å². The van der Waals surface area contributed by atoms with Gasteiger partial charge in [-0.3, -0.25) is 4.79 Å². The van der Waals surface area contributed by atoms with Crippen molar-refractivity contribution in [3.63, 3.8) is 0 Å². The summed E-state index contributed by atoms with van der Waals surface area (Å²) in [5.41, 5.74) is 3.40. The molecule has 7 rings (SSSR count). The standard InChI is InChI=1S/C41H48N2O6/c1-42-22-28-16-29-9-6-10-39-41(29,33-21-36(47)35(46)20-32(28)33)40-27(23-43-39)12-11-25(15-24-7-4-3-5-8-24)31(18-30(44)19-37(40)48)26-13-14-34(45)38(17-26)49-2/h3-5,7-8,13-14,17,20-21,25,27-29,31,37,39-40,42-43,45-48H,6,9-10,15-16,18-19,22-23H2,1-2H3/t25-,27+,28+,29-,31+,37-,39+,40-,41+/m0/s1. The number of ether oxygens (including phenoxy) is 1. The van der Waals surface area contributed by atoms with Crippen LogP contribution in [-0.4, -0.2) is 65.6 Å². The second-order valence-electron chi connectivity index (χ2n) is 14.7. The molecule has 1 saturated heterocycles. The summed E-state index contributed by atoms with van der Waals surface area (Å²) in [6, 6.07) is 19.0. The molecule has 0 amide bonds. The monoisotopic (exact) mass is 664 g/mol. The smallest absolute Gasteiger partial charge is 0.160 e. The lowest BCUT2D eigenvalue weighted by Gasteiger charge is -2.63. The number of aliphatic hydroxyl groups is 1. The molecule has 0 bridgehead atoms. The molecule has 49 heavy (non-hydrogen) atoms. The number of Topliss-reactive ketones (excluding diaryl/α,β-unsaturated/α-hetero) is 1. The highest BCUT2D eigenvalue weighted by molar-refractivity contribution is 5.80. The number of phenols is 3. The van der Waals surface area contributed by atoms with Crippen LogP contribution in [-0.2, 0) is 16.6 Å². The molecule has 9 atom stereocenters. The Morgan fingerprint density at radius 2 is 1.78 bits per heavy atom. The van der Waals surface area contributed by atoms with E-state index in [2.05, 4.69) is 34.6 Å². The topological polar surface area (TPSA) is 131 Å². The Bertz CT molecular complexity index is 1750. The molecule has 2 fully saturated rings. The summed E-state index contributed by atoms with van der Waals surface area (Å²) in [4.78, 5) is 14.2. The van der Waals surface area contributed by atoms with Crippen molar-refractivity contribution in [2.24, 2.45) is 23.7 Å². The van der Waals surface area contributed by atoms with Crippen LogP contribution in [0.15, 0.2) is 60.7 Å². The Labute approximate surface area is 288 Å². The Hall–Kier alpha value is -4.03. The number of hydrogen-bond acceptors (Lipinski definition) is 8. The van der Waals surface area contributed by atoms with Gasteiger partial charge in [0.05, 0.1) is 13.2 Å². The van der Waals surface area contributed by atoms with Crippen molar-refractivity contribution < 1.29 is 30.0 Å². The van der Waals surface area contributed by atoms with Gasteiger partial charge in [0.25, 0.3) is 0 Å². The Balaban J connectivity index is 1.39. The van der Waals surface area contributed by atoms with Gasteiger partial charge in [-0.2, -0.15) is 0 Å². The van der Waals surface area contributed by atoms with Crippen molar-refractivity contribution in [3.8, 4) is 34.8 Å². The maximum Gasteiger partial charge on any atom is 0.160 e. The molecule has 0 aromatic heterocycles. The number of carbonyl (C=O) groups is 1. The number of benzene rings is 3. The summed E-state index contributed by atoms with van der Waals surface area (Å²) in [6.07, 6.45) is 3.75. The second kappa shape index (κ2) is 13.7. The number of nitrogens with one attached hydrogen (secondary N) is 2. The van der Waals surface area contributed by atoms with E-state index >= 15 is 0 Å². The van der Waals surface area contributed by atoms with Crippen molar-refractivity contribution in [2.45, 2.75) is 74.3 Å². The highest BCUT2D eigenvalue weighted by atomic mass is 16.5. The van der Waals surface area contributed by atoms with Gasteiger partial charge in [-0.15, -0.1) is 0 Å². The highest BCUT2D eigenvalue weighted by Gasteiger charge is 2.62. The summed E-state index contributed by atoms with van der Waals surface area (Å²) in [6.45, 7) is 1.33. The Kier molecular flexibility index (Phi) is 9.36. The highest BCUT2D eigenvalue weighted by Crippen LogP contribution is 2.62. The second-order valence-corrected chi connectivity index (χ2v) is 14.7. The number of aliphatic hydroxyl groups excluding tert-OH is 1. The minimum Gasteiger partial charge on any atom is -0.504 e. The minimum atomic E-state index is -0.942. The number of fused-ring (bicyclic) bond motifs is 2. The van der Waals surface area contributed by atoms with Crippen LogP contribution >= 0.6 is 0 Å². The van der Waals surface area contributed by atoms with Gasteiger partial charge in [-0.1, -0.05) is 54.7 Å². The lowest BCUT2D eigenvalue weighted by molar-refractivity contribution is -0.125. The van der Waals surface area contributed by atoms with Crippen molar-refractivity contribution >= 4 is 5.78 Å². The summed E-state index contributed by atoms with van der Waals surface area (Å²) in [5, 5.41) is 51.6. The largest absolute Gasteiger partial charge is 0.504 e. The lowest BCUT2D eigenvalue weighted by Crippen LogP contribution is -2.69. The van der Waals surface area contributed by atoms with E-state index in [1.54, 1.807) is 24.3 Å². The summed E-state index contributed by atoms with van der Waals surface area (Å²) in [7, 11) is 3.45. The van der Waals surface area contributed by atoms with Gasteiger partial charge in [0.2, 0.25) is 0 Å². The van der Waals surface area contributed by atoms with E-state index in [0.29, 0.717) is 18.7 Å². The molecule has 4 aliphatic rings. The van der Waals surface area contributed by atoms with E-state index in [1.165, 1.54) is 7.11 Å². The first-order valence-electron chi connectivity index (χ1n) is 17.8. The van der Waals surface area contributed by atoms with Crippen LogP contribution in [0.1, 0.15) is 72.6 Å². The fraction of sp³-hybridized carbons (Fsp3) is 0.488. The van der Waals surface area contributed by atoms with Gasteiger partial charge >= 0.3 is 0 Å². The third-order valence-electron chi connectivity index (χ3n) is 12.1. The number of aromatic hydroxyl groups is 3. The molecule has 8 heteroatoms. The summed E-state index contributed by atoms with van der Waals surface area (Å²) < 4.78 is 5.46. The molecule has 1 spiro atoms. The van der Waals surface area contributed by atoms with Crippen molar-refractivity contribution in [3.05, 3.63) is 82.9 Å². The predicted molar refractivity (Wildman–Crippen MR) is 188 cm³/mol. The number of ketones is 1. The molecule has 1 saturated carbocycles. The summed E-state index contributed by atoms with van der Waals surface area (Å²) >= 11 is 0. The van der Waals surface area contributed by atoms with Gasteiger partial charge in [-0.25, -0.2) is 0 Å². The Morgan fingerprint density at radius 3 is 2.55 bits per heavy atom. The number of phenolic OH excluding ortho intramolecular Hbond substituents is 3. The normalized spacial score (nSPS) is 32.3. The van der Waals surface area contributed by atoms with Crippen LogP contribution in [0.25, 0.3) is 0 Å². The van der Waals surface area contributed by atoms with Crippen LogP contribution in [0, 0.1) is 35.5 Å². The third kappa shape index (κ3) is 5.96. The van der Waals surface area contributed by atoms with Gasteiger partial charge in [0.15, 0.2) is 23.0 Å². The fourth-order valence-corrected chi connectivity index (χ4v) is 10.2. The Morgan fingerprint density at radius 1 is 0.980 bits per heavy atom. The van der Waals surface area contributed by atoms with Crippen LogP contribution < -0.4 is 15.4 Å². The molecule has 0 radical (unpaired) electrons. The van der Waals surface area contributed by atoms with E-state index in [4.69, 9.17) is 4.74 Å². The zero-order valence-electron chi connectivity index (χ0n) is 28.4. The molecular formula is C41H48N2O6. The first-order chi connectivity index (χ1) is 23.7. The molecule has 258 valence electrons. The average Bonchev–Trinajstić information content (AvgIpc) is 3.09. The van der Waals surface area contributed by atoms with Crippen LogP contribution in [0.5, 0.6) is 23.0 Å². The van der Waals surface area contributed by atoms with Gasteiger partial charge in [0.1, 0.15) is 5.78 Å². The van der Waals surface area contributed by atoms with E-state index in [1.807, 2.05) is 31.3 Å². The van der Waals surface area contributed by atoms with Crippen LogP contribution in [0.2, 0.25) is 0 Å². The molecular weight excluding hydrogens is 616 g/mol. The van der Waals surface area contributed by atoms with E-state index in [-0.39, 0.29) is 77.4 Å². The SMILES string of the molecule is CNC[C@H]1C[C@@H]2CCC[C@H]3NC[C@H]4C#C[C@@H](Cc5ccccc5)[C@H](c5ccc(O)c(OC)c5)CC(=O)C[C@H](O)[C@H]4[C@@]23c2cc(O)c(O)cc21. The fourth-order valence-electron chi connectivity index (χ4n) is 10.2. The molecule has 1 heterocycles. The molecule has 0 unspecified atom stereocenters. The molecule has 6 N–H and O–H groups in total. The van der Waals surface area contributed by atoms with Crippen LogP contribution in [0.4, 0.5) is 0 Å². The first kappa shape index (κ1) is 33.5. The van der Waals surface area contributed by atoms with E-state index in [9.17, 15) is 25.2 Å². The number of carbonyl (C=O) groups excluding carboxylic acids is 1. The quantitative estimate of drug-likeness (QED) is 0.158. The van der Waals surface area contributed by atoms with E-state index < -0.39 is 11.5 Å². The number of hydrogen-bond donors (Lipinski definition) is 6. The number of piperidine rings is 1. The number of rotatable bonds is 6. The molecule has 3 aliphatic carbocycles. The number of likely N-dealkylation sites (N-methyl/N-ethyl adjacent to an activating group) is 1. The predicted octanol–water partition coefficient (Wildman–Crippen LogP) is 5.13. The van der Waals surface area contributed by atoms with Gasteiger partial charge < -0.3 is 35.8 Å². The zero-order chi connectivity index (χ0) is 34.3. The van der Waals surface area contributed by atoms with Crippen molar-refractivity contribution in [1.82, 2.24) is 10.6 Å².